The Bertz CT molecular complexity index is 201. The number of carbonyl (C=O) groups is 1. The number of amides is 2. The van der Waals surface area contributed by atoms with Crippen molar-refractivity contribution in [3.8, 4) is 0 Å². The molecule has 0 saturated carbocycles. The van der Waals surface area contributed by atoms with Gasteiger partial charge in [-0.3, -0.25) is 4.90 Å². The largest absolute Gasteiger partial charge is 0.351 e. The third-order valence-electron chi connectivity index (χ3n) is 1.33. The number of nitrogens with two attached hydrogens (primary N) is 1. The van der Waals surface area contributed by atoms with Crippen LogP contribution in [0.25, 0.3) is 0 Å². The molecule has 0 aromatic rings. The van der Waals surface area contributed by atoms with Crippen LogP contribution in [0, 0.1) is 0 Å². The molecule has 0 aliphatic rings. The van der Waals surface area contributed by atoms with Crippen LogP contribution in [-0.2, 0) is 0 Å². The van der Waals surface area contributed by atoms with Gasteiger partial charge in [0.1, 0.15) is 0 Å². The van der Waals surface area contributed by atoms with Gasteiger partial charge in [-0.25, -0.2) is 4.79 Å². The first kappa shape index (κ1) is 10.8. The van der Waals surface area contributed by atoms with Gasteiger partial charge < -0.3 is 5.73 Å². The first-order valence-corrected chi connectivity index (χ1v) is 3.77. The molecule has 12 heavy (non-hydrogen) atoms. The van der Waals surface area contributed by atoms with Crippen molar-refractivity contribution in [3.05, 3.63) is 24.9 Å². The average Bonchev–Trinajstić information content (AvgIpc) is 1.84. The quantitative estimate of drug-likeness (QED) is 0.628. The van der Waals surface area contributed by atoms with Crippen molar-refractivity contribution in [2.75, 3.05) is 0 Å². The highest BCUT2D eigenvalue weighted by Crippen LogP contribution is 2.12. The monoisotopic (exact) mass is 168 g/mol. The van der Waals surface area contributed by atoms with E-state index in [0.29, 0.717) is 0 Å². The number of hydrogen-bond donors (Lipinski definition) is 1. The molecule has 0 atom stereocenters. The first-order valence-electron chi connectivity index (χ1n) is 3.77. The minimum Gasteiger partial charge on any atom is -0.351 e. The van der Waals surface area contributed by atoms with E-state index in [9.17, 15) is 4.79 Å². The number of hydrogen-bond acceptors (Lipinski definition) is 1. The number of rotatable bonds is 2. The zero-order chi connectivity index (χ0) is 9.78. The van der Waals surface area contributed by atoms with Gasteiger partial charge in [-0.1, -0.05) is 12.7 Å². The highest BCUT2D eigenvalue weighted by atomic mass is 16.2. The summed E-state index contributed by atoms with van der Waals surface area (Å²) in [6, 6.07) is -0.458. The summed E-state index contributed by atoms with van der Waals surface area (Å²) in [5.74, 6) is 0. The molecule has 0 aliphatic carbocycles. The number of urea groups is 1. The fourth-order valence-corrected chi connectivity index (χ4v) is 0.775. The predicted molar refractivity (Wildman–Crippen MR) is 50.5 cm³/mol. The zero-order valence-corrected chi connectivity index (χ0v) is 7.87. The molecule has 0 aliphatic heterocycles. The van der Waals surface area contributed by atoms with Gasteiger partial charge in [-0.05, 0) is 26.8 Å². The van der Waals surface area contributed by atoms with Gasteiger partial charge in [0, 0.05) is 11.7 Å². The summed E-state index contributed by atoms with van der Waals surface area (Å²) in [7, 11) is 0. The number of carbonyl (C=O) groups excluding carboxylic acids is 1. The lowest BCUT2D eigenvalue weighted by molar-refractivity contribution is 0.188. The minimum atomic E-state index is -0.458. The van der Waals surface area contributed by atoms with Crippen LogP contribution in [-0.4, -0.2) is 16.5 Å². The summed E-state index contributed by atoms with van der Waals surface area (Å²) >= 11 is 0. The molecule has 2 amide bonds. The Hall–Kier alpha value is -1.25. The highest BCUT2D eigenvalue weighted by molar-refractivity contribution is 5.74. The standard InChI is InChI=1S/C9H16N2O/c1-5-6-7-11(8(10)12)9(2,3)4/h5-7H,1H2,2-4H3,(H2,10,12)/b7-6-. The molecule has 0 aromatic carbocycles. The molecule has 0 radical (unpaired) electrons. The summed E-state index contributed by atoms with van der Waals surface area (Å²) in [6.07, 6.45) is 4.90. The van der Waals surface area contributed by atoms with Gasteiger partial charge in [0.15, 0.2) is 0 Å². The Kier molecular flexibility index (Phi) is 3.54. The van der Waals surface area contributed by atoms with E-state index in [0.717, 1.165) is 0 Å². The highest BCUT2D eigenvalue weighted by Gasteiger charge is 2.21. The molecule has 0 spiro atoms. The van der Waals surface area contributed by atoms with Gasteiger partial charge in [-0.15, -0.1) is 0 Å². The van der Waals surface area contributed by atoms with Crippen molar-refractivity contribution in [2.45, 2.75) is 26.3 Å². The second kappa shape index (κ2) is 3.95. The minimum absolute atomic E-state index is 0.286. The van der Waals surface area contributed by atoms with E-state index in [1.807, 2.05) is 20.8 Å². The van der Waals surface area contributed by atoms with Crippen molar-refractivity contribution in [1.29, 1.82) is 0 Å². The SMILES string of the molecule is C=C/C=C\N(C(N)=O)C(C)(C)C. The number of nitrogens with zero attached hydrogens (tertiary/aromatic N) is 1. The van der Waals surface area contributed by atoms with Crippen LogP contribution in [0.5, 0.6) is 0 Å². The third-order valence-corrected chi connectivity index (χ3v) is 1.33. The van der Waals surface area contributed by atoms with Gasteiger partial charge in [0.2, 0.25) is 0 Å². The van der Waals surface area contributed by atoms with Crippen LogP contribution in [0.3, 0.4) is 0 Å². The smallest absolute Gasteiger partial charge is 0.319 e. The molecule has 3 nitrogen and oxygen atoms in total. The average molecular weight is 168 g/mol. The lowest BCUT2D eigenvalue weighted by atomic mass is 10.1. The van der Waals surface area contributed by atoms with E-state index in [4.69, 9.17) is 5.73 Å². The summed E-state index contributed by atoms with van der Waals surface area (Å²) in [6.45, 7) is 9.23. The topological polar surface area (TPSA) is 46.3 Å². The van der Waals surface area contributed by atoms with E-state index in [-0.39, 0.29) is 5.54 Å². The van der Waals surface area contributed by atoms with Gasteiger partial charge in [0.25, 0.3) is 0 Å². The van der Waals surface area contributed by atoms with Crippen LogP contribution < -0.4 is 5.73 Å². The summed E-state index contributed by atoms with van der Waals surface area (Å²) < 4.78 is 0. The van der Waals surface area contributed by atoms with Gasteiger partial charge in [-0.2, -0.15) is 0 Å². The molecule has 0 rings (SSSR count). The zero-order valence-electron chi connectivity index (χ0n) is 7.87. The van der Waals surface area contributed by atoms with E-state index < -0.39 is 6.03 Å². The molecule has 3 heteroatoms. The Balaban J connectivity index is 4.56. The molecule has 0 unspecified atom stereocenters. The van der Waals surface area contributed by atoms with Crippen molar-refractivity contribution >= 4 is 6.03 Å². The first-order chi connectivity index (χ1) is 5.39. The molecule has 0 aromatic heterocycles. The normalized spacial score (nSPS) is 11.6. The van der Waals surface area contributed by atoms with Crippen molar-refractivity contribution in [3.63, 3.8) is 0 Å². The van der Waals surface area contributed by atoms with Gasteiger partial charge >= 0.3 is 6.03 Å². The number of allylic oxidation sites excluding steroid dienone is 2. The van der Waals surface area contributed by atoms with Gasteiger partial charge in [0.05, 0.1) is 0 Å². The Morgan fingerprint density at radius 1 is 1.50 bits per heavy atom. The molecule has 0 fully saturated rings. The number of primary amides is 1. The third kappa shape index (κ3) is 3.23. The molecular formula is C9H16N2O. The van der Waals surface area contributed by atoms with Crippen molar-refractivity contribution in [1.82, 2.24) is 4.90 Å². The van der Waals surface area contributed by atoms with Crippen molar-refractivity contribution in [2.24, 2.45) is 5.73 Å². The molecule has 68 valence electrons. The second-order valence-electron chi connectivity index (χ2n) is 3.46. The predicted octanol–water partition coefficient (Wildman–Crippen LogP) is 1.87. The molecular weight excluding hydrogens is 152 g/mol. The summed E-state index contributed by atoms with van der Waals surface area (Å²) in [5.41, 5.74) is 4.88. The maximum atomic E-state index is 10.9. The lowest BCUT2D eigenvalue weighted by Gasteiger charge is -2.30. The van der Waals surface area contributed by atoms with Crippen LogP contribution in [0.2, 0.25) is 0 Å². The molecule has 0 heterocycles. The van der Waals surface area contributed by atoms with E-state index in [1.165, 1.54) is 4.90 Å². The molecule has 2 N–H and O–H groups in total. The van der Waals surface area contributed by atoms with E-state index in [1.54, 1.807) is 18.4 Å². The molecule has 0 saturated heterocycles. The van der Waals surface area contributed by atoms with Crippen LogP contribution >= 0.6 is 0 Å². The van der Waals surface area contributed by atoms with E-state index >= 15 is 0 Å². The molecule has 0 bridgehead atoms. The lowest BCUT2D eigenvalue weighted by Crippen LogP contribution is -2.44. The Labute approximate surface area is 73.5 Å². The van der Waals surface area contributed by atoms with Crippen LogP contribution in [0.4, 0.5) is 4.79 Å². The van der Waals surface area contributed by atoms with Crippen molar-refractivity contribution < 1.29 is 4.79 Å². The Morgan fingerprint density at radius 3 is 2.25 bits per heavy atom. The van der Waals surface area contributed by atoms with Crippen LogP contribution in [0.15, 0.2) is 24.9 Å². The maximum absolute atomic E-state index is 10.9. The van der Waals surface area contributed by atoms with E-state index in [2.05, 4.69) is 6.58 Å². The Morgan fingerprint density at radius 2 is 2.00 bits per heavy atom. The fourth-order valence-electron chi connectivity index (χ4n) is 0.775. The second-order valence-corrected chi connectivity index (χ2v) is 3.46. The van der Waals surface area contributed by atoms with Crippen LogP contribution in [0.1, 0.15) is 20.8 Å². The fraction of sp³-hybridized carbons (Fsp3) is 0.444. The maximum Gasteiger partial charge on any atom is 0.319 e. The summed E-state index contributed by atoms with van der Waals surface area (Å²) in [5, 5.41) is 0. The summed E-state index contributed by atoms with van der Waals surface area (Å²) in [4.78, 5) is 12.4.